The summed E-state index contributed by atoms with van der Waals surface area (Å²) in [5, 5.41) is 15.9. The van der Waals surface area contributed by atoms with Crippen molar-refractivity contribution in [2.24, 2.45) is 5.10 Å². The van der Waals surface area contributed by atoms with Gasteiger partial charge in [-0.3, -0.25) is 4.79 Å². The van der Waals surface area contributed by atoms with Crippen LogP contribution in [0.25, 0.3) is 11.4 Å². The zero-order chi connectivity index (χ0) is 20.2. The van der Waals surface area contributed by atoms with Gasteiger partial charge in [0.25, 0.3) is 5.91 Å². The summed E-state index contributed by atoms with van der Waals surface area (Å²) in [6.45, 7) is 2.74. The average Bonchev–Trinajstić information content (AvgIpc) is 3.40. The molecule has 0 aliphatic carbocycles. The molecule has 0 radical (unpaired) electrons. The maximum absolute atomic E-state index is 12.8. The van der Waals surface area contributed by atoms with Crippen molar-refractivity contribution in [3.05, 3.63) is 65.2 Å². The summed E-state index contributed by atoms with van der Waals surface area (Å²) in [4.78, 5) is 12.8. The first-order valence-electron chi connectivity index (χ1n) is 9.38. The molecule has 0 fully saturated rings. The number of benzene rings is 2. The topological polar surface area (TPSA) is 63.4 Å². The van der Waals surface area contributed by atoms with Crippen LogP contribution in [0.2, 0.25) is 5.02 Å². The highest BCUT2D eigenvalue weighted by molar-refractivity contribution is 7.99. The lowest BCUT2D eigenvalue weighted by molar-refractivity contribution is -0.130. The molecule has 1 aliphatic rings. The van der Waals surface area contributed by atoms with Gasteiger partial charge in [0.1, 0.15) is 0 Å². The molecule has 2 aromatic carbocycles. The first kappa shape index (κ1) is 19.7. The number of hydrogen-bond donors (Lipinski definition) is 0. The molecule has 0 bridgehead atoms. The fraction of sp³-hybridized carbons (Fsp3) is 0.238. The van der Waals surface area contributed by atoms with E-state index in [4.69, 9.17) is 11.6 Å². The predicted molar refractivity (Wildman–Crippen MR) is 116 cm³/mol. The molecule has 6 nitrogen and oxygen atoms in total. The van der Waals surface area contributed by atoms with E-state index in [1.54, 1.807) is 11.2 Å². The van der Waals surface area contributed by atoms with E-state index in [0.717, 1.165) is 23.4 Å². The highest BCUT2D eigenvalue weighted by atomic mass is 35.5. The summed E-state index contributed by atoms with van der Waals surface area (Å²) in [7, 11) is 0. The Morgan fingerprint density at radius 2 is 1.90 bits per heavy atom. The molecular formula is C21H20ClN5OS. The van der Waals surface area contributed by atoms with E-state index in [1.165, 1.54) is 11.8 Å². The van der Waals surface area contributed by atoms with Crippen LogP contribution in [-0.2, 0) is 11.3 Å². The van der Waals surface area contributed by atoms with E-state index >= 15 is 0 Å². The number of carbonyl (C=O) groups is 1. The number of rotatable bonds is 6. The van der Waals surface area contributed by atoms with Gasteiger partial charge in [-0.2, -0.15) is 5.10 Å². The minimum atomic E-state index is -0.0451. The van der Waals surface area contributed by atoms with Crippen molar-refractivity contribution in [3.63, 3.8) is 0 Å². The minimum absolute atomic E-state index is 0.0435. The van der Waals surface area contributed by atoms with Crippen LogP contribution >= 0.6 is 23.4 Å². The fourth-order valence-corrected chi connectivity index (χ4v) is 4.27. The van der Waals surface area contributed by atoms with Gasteiger partial charge >= 0.3 is 0 Å². The highest BCUT2D eigenvalue weighted by Gasteiger charge is 2.28. The molecule has 1 aliphatic heterocycles. The van der Waals surface area contributed by atoms with Crippen molar-refractivity contribution in [2.45, 2.75) is 31.1 Å². The zero-order valence-electron chi connectivity index (χ0n) is 15.9. The molecule has 1 aromatic heterocycles. The second-order valence-corrected chi connectivity index (χ2v) is 7.92. The molecule has 4 rings (SSSR count). The van der Waals surface area contributed by atoms with Crippen molar-refractivity contribution in [2.75, 3.05) is 5.75 Å². The standard InChI is InChI=1S/C21H20ClN5OS/c1-2-26-20(16-8-10-17(22)11-9-16)24-25-21(26)29-14-19(28)27-18(12-13-23-27)15-6-4-3-5-7-15/h3-11,13,18H,2,12,14H2,1H3/t18-/m1/s1. The Bertz CT molecular complexity index is 1020. The van der Waals surface area contributed by atoms with Gasteiger partial charge in [0.2, 0.25) is 0 Å². The molecule has 148 valence electrons. The SMILES string of the molecule is CCn1c(SCC(=O)N2N=CC[C@@H]2c2ccccc2)nnc1-c1ccc(Cl)cc1. The molecule has 2 heterocycles. The lowest BCUT2D eigenvalue weighted by atomic mass is 10.0. The summed E-state index contributed by atoms with van der Waals surface area (Å²) in [5.74, 6) is 0.969. The van der Waals surface area contributed by atoms with Crippen LogP contribution in [0.15, 0.2) is 64.9 Å². The molecule has 0 N–H and O–H groups in total. The summed E-state index contributed by atoms with van der Waals surface area (Å²) in [6.07, 6.45) is 2.53. The van der Waals surface area contributed by atoms with Gasteiger partial charge in [-0.05, 0) is 36.8 Å². The lowest BCUT2D eigenvalue weighted by Crippen LogP contribution is -2.28. The van der Waals surface area contributed by atoms with Gasteiger partial charge in [-0.15, -0.1) is 10.2 Å². The van der Waals surface area contributed by atoms with E-state index < -0.39 is 0 Å². The molecule has 1 atom stereocenters. The molecular weight excluding hydrogens is 406 g/mol. The van der Waals surface area contributed by atoms with Crippen LogP contribution in [0.1, 0.15) is 24.9 Å². The van der Waals surface area contributed by atoms with E-state index in [1.807, 2.05) is 66.1 Å². The Kier molecular flexibility index (Phi) is 5.97. The van der Waals surface area contributed by atoms with Crippen LogP contribution in [0, 0.1) is 0 Å². The molecule has 0 unspecified atom stereocenters. The summed E-state index contributed by atoms with van der Waals surface area (Å²) in [5.41, 5.74) is 2.03. The quantitative estimate of drug-likeness (QED) is 0.538. The van der Waals surface area contributed by atoms with E-state index in [9.17, 15) is 4.79 Å². The lowest BCUT2D eigenvalue weighted by Gasteiger charge is -2.22. The number of aromatic nitrogens is 3. The Morgan fingerprint density at radius 1 is 1.14 bits per heavy atom. The summed E-state index contributed by atoms with van der Waals surface area (Å²) < 4.78 is 2.00. The second-order valence-electron chi connectivity index (χ2n) is 6.54. The van der Waals surface area contributed by atoms with Crippen molar-refractivity contribution < 1.29 is 4.79 Å². The van der Waals surface area contributed by atoms with Crippen LogP contribution < -0.4 is 0 Å². The second kappa shape index (κ2) is 8.80. The molecule has 0 saturated carbocycles. The van der Waals surface area contributed by atoms with Gasteiger partial charge in [-0.25, -0.2) is 5.01 Å². The maximum atomic E-state index is 12.8. The third kappa shape index (κ3) is 4.21. The number of carbonyl (C=O) groups excluding carboxylic acids is 1. The van der Waals surface area contributed by atoms with Crippen molar-refractivity contribution in [1.29, 1.82) is 0 Å². The van der Waals surface area contributed by atoms with E-state index in [0.29, 0.717) is 16.7 Å². The Morgan fingerprint density at radius 3 is 2.62 bits per heavy atom. The maximum Gasteiger partial charge on any atom is 0.253 e. The first-order valence-corrected chi connectivity index (χ1v) is 10.7. The fourth-order valence-electron chi connectivity index (χ4n) is 3.29. The molecule has 8 heteroatoms. The first-order chi connectivity index (χ1) is 14.2. The monoisotopic (exact) mass is 425 g/mol. The average molecular weight is 426 g/mol. The number of hydrogen-bond acceptors (Lipinski definition) is 5. The van der Waals surface area contributed by atoms with E-state index in [2.05, 4.69) is 15.3 Å². The van der Waals surface area contributed by atoms with E-state index in [-0.39, 0.29) is 17.7 Å². The smallest absolute Gasteiger partial charge is 0.253 e. The van der Waals surface area contributed by atoms with Crippen LogP contribution in [0.5, 0.6) is 0 Å². The van der Waals surface area contributed by atoms with Crippen molar-refractivity contribution >= 4 is 35.5 Å². The number of amides is 1. The van der Waals surface area contributed by atoms with Crippen molar-refractivity contribution in [1.82, 2.24) is 19.8 Å². The number of halogens is 1. The Balaban J connectivity index is 1.47. The molecule has 1 amide bonds. The van der Waals surface area contributed by atoms with Gasteiger partial charge in [-0.1, -0.05) is 53.7 Å². The Labute approximate surface area is 178 Å². The third-order valence-corrected chi connectivity index (χ3v) is 5.93. The number of hydrazone groups is 1. The molecule has 0 saturated heterocycles. The normalized spacial score (nSPS) is 15.8. The van der Waals surface area contributed by atoms with Gasteiger partial charge < -0.3 is 4.57 Å². The zero-order valence-corrected chi connectivity index (χ0v) is 17.5. The van der Waals surface area contributed by atoms with Gasteiger partial charge in [0.05, 0.1) is 11.8 Å². The molecule has 0 spiro atoms. The van der Waals surface area contributed by atoms with Crippen LogP contribution in [0.4, 0.5) is 0 Å². The summed E-state index contributed by atoms with van der Waals surface area (Å²) in [6, 6.07) is 17.4. The van der Waals surface area contributed by atoms with Gasteiger partial charge in [0, 0.05) is 29.8 Å². The van der Waals surface area contributed by atoms with Gasteiger partial charge in [0.15, 0.2) is 11.0 Å². The Hall–Kier alpha value is -2.64. The minimum Gasteiger partial charge on any atom is -0.302 e. The highest BCUT2D eigenvalue weighted by Crippen LogP contribution is 2.30. The largest absolute Gasteiger partial charge is 0.302 e. The molecule has 3 aromatic rings. The summed E-state index contributed by atoms with van der Waals surface area (Å²) >= 11 is 7.36. The number of thioether (sulfide) groups is 1. The third-order valence-electron chi connectivity index (χ3n) is 4.73. The van der Waals surface area contributed by atoms with Crippen molar-refractivity contribution in [3.8, 4) is 11.4 Å². The number of nitrogens with zero attached hydrogens (tertiary/aromatic N) is 5. The van der Waals surface area contributed by atoms with Crippen LogP contribution in [-0.4, -0.2) is 37.6 Å². The van der Waals surface area contributed by atoms with Crippen LogP contribution in [0.3, 0.4) is 0 Å². The predicted octanol–water partition coefficient (Wildman–Crippen LogP) is 4.67. The molecule has 29 heavy (non-hydrogen) atoms.